The van der Waals surface area contributed by atoms with Crippen LogP contribution in [0.5, 0.6) is 0 Å². The summed E-state index contributed by atoms with van der Waals surface area (Å²) < 4.78 is 39.9. The van der Waals surface area contributed by atoms with Gasteiger partial charge in [-0.25, -0.2) is 17.6 Å². The molecule has 1 saturated heterocycles. The van der Waals surface area contributed by atoms with Crippen LogP contribution < -0.4 is 15.4 Å². The van der Waals surface area contributed by atoms with Gasteiger partial charge in [-0.3, -0.25) is 19.2 Å². The molecule has 4 amide bonds. The zero-order chi connectivity index (χ0) is 24.4. The Morgan fingerprint density at radius 3 is 2.39 bits per heavy atom. The third-order valence-electron chi connectivity index (χ3n) is 5.34. The highest BCUT2D eigenvalue weighted by atomic mass is 32.2. The molecule has 1 heterocycles. The van der Waals surface area contributed by atoms with Gasteiger partial charge in [-0.05, 0) is 55.7 Å². The Bertz CT molecular complexity index is 1200. The van der Waals surface area contributed by atoms with Crippen LogP contribution in [-0.4, -0.2) is 43.5 Å². The molecular formula is C22H25FN4O5S. The van der Waals surface area contributed by atoms with Gasteiger partial charge in [0, 0.05) is 5.69 Å². The van der Waals surface area contributed by atoms with Crippen molar-refractivity contribution in [3.63, 3.8) is 0 Å². The van der Waals surface area contributed by atoms with E-state index in [2.05, 4.69) is 15.4 Å². The van der Waals surface area contributed by atoms with Gasteiger partial charge in [-0.2, -0.15) is 0 Å². The molecule has 176 valence electrons. The lowest BCUT2D eigenvalue weighted by atomic mass is 9.92. The summed E-state index contributed by atoms with van der Waals surface area (Å²) >= 11 is 0. The Morgan fingerprint density at radius 1 is 1.12 bits per heavy atom. The van der Waals surface area contributed by atoms with Crippen LogP contribution in [0, 0.1) is 12.7 Å². The standard InChI is InChI=1S/C22H25FN4O5S/c1-4-12-33(31,32)26-18-7-5-6-17(14(18)2)24-19(28)13-27-20(29)22(3,25-21(27)30)15-8-10-16(23)11-9-15/h5-11,26H,4,12-13H2,1-3H3,(H,24,28)(H,25,30). The molecule has 1 atom stereocenters. The molecule has 1 unspecified atom stereocenters. The zero-order valence-corrected chi connectivity index (χ0v) is 19.3. The van der Waals surface area contributed by atoms with Gasteiger partial charge in [-0.1, -0.05) is 25.1 Å². The van der Waals surface area contributed by atoms with Crippen molar-refractivity contribution >= 4 is 39.2 Å². The summed E-state index contributed by atoms with van der Waals surface area (Å²) in [5, 5.41) is 5.17. The average Bonchev–Trinajstić information content (AvgIpc) is 2.95. The van der Waals surface area contributed by atoms with Crippen molar-refractivity contribution in [2.24, 2.45) is 0 Å². The maximum Gasteiger partial charge on any atom is 0.325 e. The molecule has 0 aliphatic carbocycles. The second kappa shape index (κ2) is 9.18. The monoisotopic (exact) mass is 476 g/mol. The van der Waals surface area contributed by atoms with Gasteiger partial charge in [-0.15, -0.1) is 0 Å². The molecule has 2 aromatic carbocycles. The maximum absolute atomic E-state index is 13.2. The van der Waals surface area contributed by atoms with Gasteiger partial charge < -0.3 is 10.6 Å². The molecule has 1 fully saturated rings. The largest absolute Gasteiger partial charge is 0.325 e. The molecule has 3 N–H and O–H groups in total. The molecule has 33 heavy (non-hydrogen) atoms. The van der Waals surface area contributed by atoms with Crippen LogP contribution >= 0.6 is 0 Å². The van der Waals surface area contributed by atoms with E-state index in [0.717, 1.165) is 4.90 Å². The van der Waals surface area contributed by atoms with Gasteiger partial charge in [0.2, 0.25) is 15.9 Å². The van der Waals surface area contributed by atoms with Gasteiger partial charge >= 0.3 is 6.03 Å². The number of sulfonamides is 1. The van der Waals surface area contributed by atoms with E-state index >= 15 is 0 Å². The van der Waals surface area contributed by atoms with Crippen LogP contribution in [0.15, 0.2) is 42.5 Å². The number of nitrogens with one attached hydrogen (secondary N) is 3. The molecule has 11 heteroatoms. The number of halogens is 1. The summed E-state index contributed by atoms with van der Waals surface area (Å²) in [5.41, 5.74) is 0.0930. The lowest BCUT2D eigenvalue weighted by molar-refractivity contribution is -0.133. The van der Waals surface area contributed by atoms with E-state index in [1.165, 1.54) is 31.2 Å². The van der Waals surface area contributed by atoms with Crippen LogP contribution in [0.3, 0.4) is 0 Å². The molecule has 3 rings (SSSR count). The SMILES string of the molecule is CCCS(=O)(=O)Nc1cccc(NC(=O)CN2C(=O)NC(C)(c3ccc(F)cc3)C2=O)c1C. The van der Waals surface area contributed by atoms with Crippen molar-refractivity contribution < 1.29 is 27.2 Å². The maximum atomic E-state index is 13.2. The Balaban J connectivity index is 1.73. The van der Waals surface area contributed by atoms with Gasteiger partial charge in [0.05, 0.1) is 11.4 Å². The fraction of sp³-hybridized carbons (Fsp3) is 0.318. The van der Waals surface area contributed by atoms with Crippen LogP contribution in [0.25, 0.3) is 0 Å². The number of hydrogen-bond acceptors (Lipinski definition) is 5. The molecular weight excluding hydrogens is 451 g/mol. The van der Waals surface area contributed by atoms with Crippen molar-refractivity contribution in [2.45, 2.75) is 32.7 Å². The first kappa shape index (κ1) is 24.2. The van der Waals surface area contributed by atoms with Gasteiger partial charge in [0.25, 0.3) is 5.91 Å². The van der Waals surface area contributed by atoms with E-state index in [1.807, 2.05) is 0 Å². The quantitative estimate of drug-likeness (QED) is 0.505. The first-order chi connectivity index (χ1) is 15.5. The molecule has 0 bridgehead atoms. The number of amides is 4. The molecule has 2 aromatic rings. The van der Waals surface area contributed by atoms with Crippen LogP contribution in [0.1, 0.15) is 31.4 Å². The zero-order valence-electron chi connectivity index (χ0n) is 18.4. The fourth-order valence-electron chi connectivity index (χ4n) is 3.52. The van der Waals surface area contributed by atoms with Gasteiger partial charge in [0.15, 0.2) is 0 Å². The number of imide groups is 1. The third-order valence-corrected chi connectivity index (χ3v) is 6.82. The molecule has 9 nitrogen and oxygen atoms in total. The van der Waals surface area contributed by atoms with Crippen molar-refractivity contribution in [1.29, 1.82) is 0 Å². The summed E-state index contributed by atoms with van der Waals surface area (Å²) in [6.07, 6.45) is 0.452. The first-order valence-electron chi connectivity index (χ1n) is 10.3. The molecule has 1 aliphatic heterocycles. The number of carbonyl (C=O) groups is 3. The molecule has 0 saturated carbocycles. The molecule has 1 aliphatic rings. The Labute approximate surface area is 191 Å². The summed E-state index contributed by atoms with van der Waals surface area (Å²) in [4.78, 5) is 38.8. The van der Waals surface area contributed by atoms with E-state index in [1.54, 1.807) is 32.0 Å². The Kier molecular flexibility index (Phi) is 6.73. The van der Waals surface area contributed by atoms with E-state index < -0.39 is 45.8 Å². The normalized spacial score (nSPS) is 18.2. The van der Waals surface area contributed by atoms with Crippen LogP contribution in [-0.2, 0) is 25.2 Å². The summed E-state index contributed by atoms with van der Waals surface area (Å²) in [6.45, 7) is 4.32. The highest BCUT2D eigenvalue weighted by Crippen LogP contribution is 2.29. The number of nitrogens with zero attached hydrogens (tertiary/aromatic N) is 1. The van der Waals surface area contributed by atoms with Crippen molar-refractivity contribution in [2.75, 3.05) is 22.3 Å². The fourth-order valence-corrected chi connectivity index (χ4v) is 4.72. The van der Waals surface area contributed by atoms with Crippen molar-refractivity contribution in [1.82, 2.24) is 10.2 Å². The minimum Gasteiger partial charge on any atom is -0.324 e. The smallest absolute Gasteiger partial charge is 0.324 e. The predicted molar refractivity (Wildman–Crippen MR) is 122 cm³/mol. The number of anilines is 2. The number of carbonyl (C=O) groups excluding carboxylic acids is 3. The summed E-state index contributed by atoms with van der Waals surface area (Å²) in [5.74, 6) is -1.81. The first-order valence-corrected chi connectivity index (χ1v) is 11.9. The minimum absolute atomic E-state index is 0.0396. The molecule has 0 spiro atoms. The highest BCUT2D eigenvalue weighted by Gasteiger charge is 2.49. The topological polar surface area (TPSA) is 125 Å². The van der Waals surface area contributed by atoms with E-state index in [4.69, 9.17) is 0 Å². The van der Waals surface area contributed by atoms with E-state index in [-0.39, 0.29) is 5.75 Å². The predicted octanol–water partition coefficient (Wildman–Crippen LogP) is 2.69. The van der Waals surface area contributed by atoms with Gasteiger partial charge in [0.1, 0.15) is 17.9 Å². The van der Waals surface area contributed by atoms with Crippen LogP contribution in [0.2, 0.25) is 0 Å². The summed E-state index contributed by atoms with van der Waals surface area (Å²) in [7, 11) is -3.52. The number of hydrogen-bond donors (Lipinski definition) is 3. The van der Waals surface area contributed by atoms with Crippen molar-refractivity contribution in [3.05, 3.63) is 59.4 Å². The van der Waals surface area contributed by atoms with Crippen molar-refractivity contribution in [3.8, 4) is 0 Å². The number of benzene rings is 2. The Morgan fingerprint density at radius 2 is 1.76 bits per heavy atom. The minimum atomic E-state index is -3.52. The summed E-state index contributed by atoms with van der Waals surface area (Å²) in [6, 6.07) is 9.13. The number of urea groups is 1. The highest BCUT2D eigenvalue weighted by molar-refractivity contribution is 7.92. The lowest BCUT2D eigenvalue weighted by Crippen LogP contribution is -2.42. The number of rotatable bonds is 8. The lowest BCUT2D eigenvalue weighted by Gasteiger charge is -2.22. The third kappa shape index (κ3) is 5.14. The second-order valence-electron chi connectivity index (χ2n) is 7.90. The average molecular weight is 477 g/mol. The van der Waals surface area contributed by atoms with Crippen LogP contribution in [0.4, 0.5) is 20.6 Å². The molecule has 0 aromatic heterocycles. The van der Waals surface area contributed by atoms with E-state index in [9.17, 15) is 27.2 Å². The molecule has 0 radical (unpaired) electrons. The van der Waals surface area contributed by atoms with E-state index in [0.29, 0.717) is 28.9 Å². The second-order valence-corrected chi connectivity index (χ2v) is 9.74. The Hall–Kier alpha value is -3.47.